The molecule has 3 rings (SSSR count). The molecule has 1 amide bonds. The van der Waals surface area contributed by atoms with E-state index in [2.05, 4.69) is 6.26 Å². The summed E-state index contributed by atoms with van der Waals surface area (Å²) in [6, 6.07) is 12.6. The predicted molar refractivity (Wildman–Crippen MR) is 93.2 cm³/mol. The zero-order valence-corrected chi connectivity index (χ0v) is 14.2. The van der Waals surface area contributed by atoms with Crippen molar-refractivity contribution in [3.05, 3.63) is 70.5 Å². The van der Waals surface area contributed by atoms with E-state index in [-0.39, 0.29) is 17.8 Å². The molecule has 0 spiro atoms. The molecule has 0 saturated carbocycles. The van der Waals surface area contributed by atoms with E-state index in [1.165, 1.54) is 11.6 Å². The van der Waals surface area contributed by atoms with E-state index in [9.17, 15) is 9.18 Å². The molecule has 2 aromatic carbocycles. The number of carbonyl (C=O) groups excluding carboxylic acids is 1. The maximum atomic E-state index is 13.5. The van der Waals surface area contributed by atoms with Crippen molar-refractivity contribution in [2.75, 3.05) is 12.8 Å². The summed E-state index contributed by atoms with van der Waals surface area (Å²) in [6.07, 6.45) is 2.83. The topological polar surface area (TPSA) is 20.3 Å². The van der Waals surface area contributed by atoms with Crippen molar-refractivity contribution in [2.45, 2.75) is 25.1 Å². The van der Waals surface area contributed by atoms with E-state index in [0.717, 1.165) is 23.3 Å². The highest BCUT2D eigenvalue weighted by Gasteiger charge is 2.28. The summed E-state index contributed by atoms with van der Waals surface area (Å²) < 4.78 is 13.5. The Bertz CT molecular complexity index is 714. The van der Waals surface area contributed by atoms with Gasteiger partial charge in [0.2, 0.25) is 0 Å². The van der Waals surface area contributed by atoms with Crippen molar-refractivity contribution in [1.29, 1.82) is 0 Å². The number of carbonyl (C=O) groups is 1. The van der Waals surface area contributed by atoms with Gasteiger partial charge in [-0.25, -0.2) is 4.39 Å². The Morgan fingerprint density at radius 3 is 2.70 bits per heavy atom. The smallest absolute Gasteiger partial charge is 0.254 e. The molecule has 1 atom stereocenters. The van der Waals surface area contributed by atoms with Crippen LogP contribution in [0.4, 0.5) is 4.39 Å². The minimum atomic E-state index is -0.244. The lowest BCUT2D eigenvalue weighted by molar-refractivity contribution is 0.0677. The molecule has 23 heavy (non-hydrogen) atoms. The molecule has 0 N–H and O–H groups in total. The first-order valence-electron chi connectivity index (χ1n) is 7.77. The van der Waals surface area contributed by atoms with Crippen molar-refractivity contribution >= 4 is 17.7 Å². The van der Waals surface area contributed by atoms with E-state index in [0.29, 0.717) is 12.1 Å². The zero-order valence-electron chi connectivity index (χ0n) is 13.4. The summed E-state index contributed by atoms with van der Waals surface area (Å²) in [5.41, 5.74) is 3.97. The van der Waals surface area contributed by atoms with Gasteiger partial charge in [-0.15, -0.1) is 0 Å². The lowest BCUT2D eigenvalue weighted by Gasteiger charge is -2.35. The Hall–Kier alpha value is -1.81. The first kappa shape index (κ1) is 16.1. The van der Waals surface area contributed by atoms with Crippen molar-refractivity contribution in [2.24, 2.45) is 0 Å². The predicted octanol–water partition coefficient (Wildman–Crippen LogP) is 4.45. The quantitative estimate of drug-likeness (QED) is 0.829. The van der Waals surface area contributed by atoms with Gasteiger partial charge in [0.05, 0.1) is 6.04 Å². The van der Waals surface area contributed by atoms with Crippen LogP contribution in [-0.2, 0) is 12.2 Å². The van der Waals surface area contributed by atoms with Gasteiger partial charge < -0.3 is 4.90 Å². The summed E-state index contributed by atoms with van der Waals surface area (Å²) in [5.74, 6) is 0.718. The Kier molecular flexibility index (Phi) is 4.71. The minimum Gasteiger partial charge on any atom is -0.332 e. The molecule has 0 radical (unpaired) electrons. The van der Waals surface area contributed by atoms with Gasteiger partial charge in [-0.3, -0.25) is 4.79 Å². The minimum absolute atomic E-state index is 0.0168. The monoisotopic (exact) mass is 329 g/mol. The number of fused-ring (bicyclic) bond motifs is 1. The van der Waals surface area contributed by atoms with E-state index in [1.807, 2.05) is 42.2 Å². The number of hydrogen-bond acceptors (Lipinski definition) is 2. The van der Waals surface area contributed by atoms with Crippen molar-refractivity contribution in [1.82, 2.24) is 4.90 Å². The number of hydrogen-bond donors (Lipinski definition) is 0. The summed E-state index contributed by atoms with van der Waals surface area (Å²) in [6.45, 7) is 2.64. The fourth-order valence-corrected chi connectivity index (χ4v) is 3.66. The van der Waals surface area contributed by atoms with Crippen LogP contribution in [0.15, 0.2) is 42.5 Å². The van der Waals surface area contributed by atoms with Gasteiger partial charge in [0.15, 0.2) is 0 Å². The van der Waals surface area contributed by atoms with Crippen molar-refractivity contribution < 1.29 is 9.18 Å². The normalized spacial score (nSPS) is 17.0. The highest BCUT2D eigenvalue weighted by molar-refractivity contribution is 7.97. The molecule has 1 unspecified atom stereocenters. The summed E-state index contributed by atoms with van der Waals surface area (Å²) in [5, 5.41) is 0. The second-order valence-electron chi connectivity index (χ2n) is 5.90. The van der Waals surface area contributed by atoms with Crippen LogP contribution in [0.25, 0.3) is 0 Å². The van der Waals surface area contributed by atoms with Crippen LogP contribution in [-0.4, -0.2) is 23.6 Å². The van der Waals surface area contributed by atoms with Crippen LogP contribution in [0, 0.1) is 5.82 Å². The first-order chi connectivity index (χ1) is 11.1. The Morgan fingerprint density at radius 1 is 1.26 bits per heavy atom. The molecular formula is C19H20FNOS. The molecule has 1 heterocycles. The highest BCUT2D eigenvalue weighted by Crippen LogP contribution is 2.31. The fraction of sp³-hybridized carbons (Fsp3) is 0.316. The third kappa shape index (κ3) is 3.27. The van der Waals surface area contributed by atoms with Gasteiger partial charge in [0, 0.05) is 17.9 Å². The standard InChI is InChI=1S/C19H20FNOS/c1-13-18-11-17(20)8-7-15(18)9-10-21(13)19(22)16-5-3-14(4-6-16)12-23-2/h3-8,11,13H,9-10,12H2,1-2H3. The average molecular weight is 329 g/mol. The molecule has 4 heteroatoms. The van der Waals surface area contributed by atoms with E-state index < -0.39 is 0 Å². The number of thioether (sulfide) groups is 1. The molecule has 0 fully saturated rings. The van der Waals surface area contributed by atoms with Crippen LogP contribution in [0.2, 0.25) is 0 Å². The third-order valence-electron chi connectivity index (χ3n) is 4.42. The molecule has 0 aromatic heterocycles. The van der Waals surface area contributed by atoms with Crippen LogP contribution < -0.4 is 0 Å². The molecule has 0 bridgehead atoms. The largest absolute Gasteiger partial charge is 0.332 e. The summed E-state index contributed by atoms with van der Waals surface area (Å²) >= 11 is 1.76. The maximum Gasteiger partial charge on any atom is 0.254 e. The van der Waals surface area contributed by atoms with Crippen molar-refractivity contribution in [3.8, 4) is 0 Å². The average Bonchev–Trinajstić information content (AvgIpc) is 2.56. The van der Waals surface area contributed by atoms with Gasteiger partial charge in [-0.2, -0.15) is 11.8 Å². The Morgan fingerprint density at radius 2 is 2.00 bits per heavy atom. The highest BCUT2D eigenvalue weighted by atomic mass is 32.2. The third-order valence-corrected chi connectivity index (χ3v) is 5.04. The van der Waals surface area contributed by atoms with Gasteiger partial charge in [0.25, 0.3) is 5.91 Å². The summed E-state index contributed by atoms with van der Waals surface area (Å²) in [4.78, 5) is 14.6. The first-order valence-corrected chi connectivity index (χ1v) is 9.16. The SMILES string of the molecule is CSCc1ccc(C(=O)N2CCc3ccc(F)cc3C2C)cc1. The van der Waals surface area contributed by atoms with Crippen molar-refractivity contribution in [3.63, 3.8) is 0 Å². The number of nitrogens with zero attached hydrogens (tertiary/aromatic N) is 1. The van der Waals surface area contributed by atoms with Crippen LogP contribution >= 0.6 is 11.8 Å². The van der Waals surface area contributed by atoms with Crippen LogP contribution in [0.5, 0.6) is 0 Å². The van der Waals surface area contributed by atoms with Crippen LogP contribution in [0.1, 0.15) is 40.0 Å². The molecule has 1 aliphatic heterocycles. The number of amides is 1. The molecule has 0 aliphatic carbocycles. The van der Waals surface area contributed by atoms with Gasteiger partial charge in [-0.05, 0) is 60.6 Å². The molecule has 2 nitrogen and oxygen atoms in total. The Balaban J connectivity index is 1.83. The maximum absolute atomic E-state index is 13.5. The number of halogens is 1. The fourth-order valence-electron chi connectivity index (χ4n) is 3.14. The van der Waals surface area contributed by atoms with Gasteiger partial charge >= 0.3 is 0 Å². The number of benzene rings is 2. The molecule has 1 aliphatic rings. The zero-order chi connectivity index (χ0) is 16.4. The van der Waals surface area contributed by atoms with Gasteiger partial charge in [-0.1, -0.05) is 18.2 Å². The lowest BCUT2D eigenvalue weighted by Crippen LogP contribution is -2.38. The molecule has 2 aromatic rings. The molecule has 120 valence electrons. The van der Waals surface area contributed by atoms with E-state index >= 15 is 0 Å². The van der Waals surface area contributed by atoms with Crippen LogP contribution in [0.3, 0.4) is 0 Å². The second-order valence-corrected chi connectivity index (χ2v) is 6.76. The molecule has 0 saturated heterocycles. The summed E-state index contributed by atoms with van der Waals surface area (Å²) in [7, 11) is 0. The lowest BCUT2D eigenvalue weighted by atomic mass is 9.93. The molecular weight excluding hydrogens is 309 g/mol. The van der Waals surface area contributed by atoms with E-state index in [1.54, 1.807) is 17.8 Å². The van der Waals surface area contributed by atoms with Gasteiger partial charge in [0.1, 0.15) is 5.82 Å². The number of rotatable bonds is 3. The van der Waals surface area contributed by atoms with E-state index in [4.69, 9.17) is 0 Å². The Labute approximate surface area is 140 Å². The second kappa shape index (κ2) is 6.75.